The van der Waals surface area contributed by atoms with Gasteiger partial charge in [0.25, 0.3) is 0 Å². The topological polar surface area (TPSA) is 104 Å². The number of rotatable bonds is 6. The highest BCUT2D eigenvalue weighted by Crippen LogP contribution is 2.18. The lowest BCUT2D eigenvalue weighted by molar-refractivity contribution is -0.120. The highest BCUT2D eigenvalue weighted by atomic mass is 16.4. The molecule has 1 aromatic heterocycles. The molecule has 1 amide bonds. The summed E-state index contributed by atoms with van der Waals surface area (Å²) in [6, 6.07) is 3.25. The van der Waals surface area contributed by atoms with Crippen molar-refractivity contribution in [3.8, 4) is 0 Å². The zero-order valence-electron chi connectivity index (χ0n) is 9.72. The number of amides is 1. The summed E-state index contributed by atoms with van der Waals surface area (Å²) in [5, 5.41) is 21.6. The summed E-state index contributed by atoms with van der Waals surface area (Å²) in [5.41, 5.74) is -0.105. The van der Waals surface area contributed by atoms with Crippen molar-refractivity contribution in [3.05, 3.63) is 17.8 Å². The molecule has 1 saturated carbocycles. The summed E-state index contributed by atoms with van der Waals surface area (Å²) in [6.45, 7) is 0.444. The van der Waals surface area contributed by atoms with Crippen molar-refractivity contribution in [1.29, 1.82) is 0 Å². The van der Waals surface area contributed by atoms with Gasteiger partial charge in [-0.25, -0.2) is 4.79 Å². The molecule has 3 N–H and O–H groups in total. The molecular formula is C11H14N4O3. The van der Waals surface area contributed by atoms with Gasteiger partial charge in [-0.15, -0.1) is 10.2 Å². The number of carbonyl (C=O) groups is 2. The average Bonchev–Trinajstić information content (AvgIpc) is 3.13. The Hall–Kier alpha value is -2.18. The van der Waals surface area contributed by atoms with Gasteiger partial charge in [-0.1, -0.05) is 0 Å². The van der Waals surface area contributed by atoms with Gasteiger partial charge in [-0.2, -0.15) is 0 Å². The summed E-state index contributed by atoms with van der Waals surface area (Å²) < 4.78 is 0. The van der Waals surface area contributed by atoms with Gasteiger partial charge in [-0.05, 0) is 25.0 Å². The number of carbonyl (C=O) groups excluding carboxylic acids is 1. The molecule has 7 nitrogen and oxygen atoms in total. The smallest absolute Gasteiger partial charge is 0.356 e. The number of anilines is 1. The van der Waals surface area contributed by atoms with E-state index in [2.05, 4.69) is 20.8 Å². The third-order valence-corrected chi connectivity index (χ3v) is 2.48. The molecule has 1 aliphatic rings. The first-order chi connectivity index (χ1) is 8.65. The van der Waals surface area contributed by atoms with Gasteiger partial charge in [0.2, 0.25) is 5.91 Å². The Kier molecular flexibility index (Phi) is 3.71. The first-order valence-corrected chi connectivity index (χ1v) is 5.75. The maximum atomic E-state index is 11.4. The fourth-order valence-electron chi connectivity index (χ4n) is 1.37. The van der Waals surface area contributed by atoms with Crippen molar-refractivity contribution in [2.24, 2.45) is 0 Å². The van der Waals surface area contributed by atoms with E-state index in [1.54, 1.807) is 0 Å². The molecule has 18 heavy (non-hydrogen) atoms. The number of aromatic carboxylic acids is 1. The van der Waals surface area contributed by atoms with Crippen LogP contribution in [0.5, 0.6) is 0 Å². The van der Waals surface area contributed by atoms with Crippen LogP contribution in [0.25, 0.3) is 0 Å². The minimum atomic E-state index is -1.11. The monoisotopic (exact) mass is 250 g/mol. The van der Waals surface area contributed by atoms with Crippen LogP contribution in [0.3, 0.4) is 0 Å². The predicted octanol–water partition coefficient (Wildman–Crippen LogP) is 0.255. The molecule has 96 valence electrons. The van der Waals surface area contributed by atoms with E-state index in [0.717, 1.165) is 12.8 Å². The molecule has 0 radical (unpaired) electrons. The molecule has 0 unspecified atom stereocenters. The maximum absolute atomic E-state index is 11.4. The largest absolute Gasteiger partial charge is 0.476 e. The highest BCUT2D eigenvalue weighted by Gasteiger charge is 2.22. The van der Waals surface area contributed by atoms with Gasteiger partial charge in [0.05, 0.1) is 0 Å². The van der Waals surface area contributed by atoms with E-state index >= 15 is 0 Å². The summed E-state index contributed by atoms with van der Waals surface area (Å²) >= 11 is 0. The van der Waals surface area contributed by atoms with Crippen molar-refractivity contribution in [3.63, 3.8) is 0 Å². The van der Waals surface area contributed by atoms with E-state index in [0.29, 0.717) is 24.8 Å². The quantitative estimate of drug-likeness (QED) is 0.668. The Bertz CT molecular complexity index is 442. The molecular weight excluding hydrogens is 236 g/mol. The SMILES string of the molecule is O=C(CCNc1ccc(C(=O)O)nn1)NC1CC1. The van der Waals surface area contributed by atoms with Gasteiger partial charge in [-0.3, -0.25) is 4.79 Å². The molecule has 0 aliphatic heterocycles. The van der Waals surface area contributed by atoms with Crippen LogP contribution >= 0.6 is 0 Å². The Balaban J connectivity index is 1.72. The summed E-state index contributed by atoms with van der Waals surface area (Å²) in [4.78, 5) is 21.9. The van der Waals surface area contributed by atoms with Crippen LogP contribution < -0.4 is 10.6 Å². The maximum Gasteiger partial charge on any atom is 0.356 e. The first-order valence-electron chi connectivity index (χ1n) is 5.75. The van der Waals surface area contributed by atoms with Crippen molar-refractivity contribution >= 4 is 17.7 Å². The number of carboxylic acids is 1. The number of hydrogen-bond donors (Lipinski definition) is 3. The molecule has 0 bridgehead atoms. The normalized spacial score (nSPS) is 14.0. The Morgan fingerprint density at radius 1 is 1.33 bits per heavy atom. The summed E-state index contributed by atoms with van der Waals surface area (Å²) in [6.07, 6.45) is 2.50. The van der Waals surface area contributed by atoms with Crippen LogP contribution in [-0.4, -0.2) is 39.8 Å². The van der Waals surface area contributed by atoms with Crippen LogP contribution in [0.1, 0.15) is 29.8 Å². The molecule has 7 heteroatoms. The van der Waals surface area contributed by atoms with Gasteiger partial charge in [0, 0.05) is 19.0 Å². The number of aromatic nitrogens is 2. The third kappa shape index (κ3) is 3.69. The molecule has 1 heterocycles. The average molecular weight is 250 g/mol. The van der Waals surface area contributed by atoms with E-state index in [-0.39, 0.29) is 11.6 Å². The molecule has 0 atom stereocenters. The van der Waals surface area contributed by atoms with E-state index in [1.807, 2.05) is 0 Å². The van der Waals surface area contributed by atoms with Gasteiger partial charge >= 0.3 is 5.97 Å². The van der Waals surface area contributed by atoms with Crippen LogP contribution in [-0.2, 0) is 4.79 Å². The molecule has 0 spiro atoms. The van der Waals surface area contributed by atoms with E-state index in [4.69, 9.17) is 5.11 Å². The van der Waals surface area contributed by atoms with Gasteiger partial charge < -0.3 is 15.7 Å². The van der Waals surface area contributed by atoms with Crippen LogP contribution in [0, 0.1) is 0 Å². The Morgan fingerprint density at radius 3 is 2.67 bits per heavy atom. The summed E-state index contributed by atoms with van der Waals surface area (Å²) in [5.74, 6) is -0.641. The van der Waals surface area contributed by atoms with Gasteiger partial charge in [0.1, 0.15) is 5.82 Å². The lowest BCUT2D eigenvalue weighted by Crippen LogP contribution is -2.27. The Morgan fingerprint density at radius 2 is 2.11 bits per heavy atom. The lowest BCUT2D eigenvalue weighted by Gasteiger charge is -2.05. The van der Waals surface area contributed by atoms with Crippen molar-refractivity contribution in [1.82, 2.24) is 15.5 Å². The van der Waals surface area contributed by atoms with Crippen molar-refractivity contribution in [2.75, 3.05) is 11.9 Å². The minimum Gasteiger partial charge on any atom is -0.476 e. The van der Waals surface area contributed by atoms with Crippen molar-refractivity contribution < 1.29 is 14.7 Å². The first kappa shape index (κ1) is 12.3. The lowest BCUT2D eigenvalue weighted by atomic mass is 10.3. The fourth-order valence-corrected chi connectivity index (χ4v) is 1.37. The van der Waals surface area contributed by atoms with Gasteiger partial charge in [0.15, 0.2) is 5.69 Å². The van der Waals surface area contributed by atoms with E-state index in [1.165, 1.54) is 12.1 Å². The number of hydrogen-bond acceptors (Lipinski definition) is 5. The molecule has 1 aliphatic carbocycles. The number of nitrogens with zero attached hydrogens (tertiary/aromatic N) is 2. The number of carboxylic acid groups (broad SMARTS) is 1. The predicted molar refractivity (Wildman–Crippen MR) is 63.3 cm³/mol. The standard InChI is InChI=1S/C11H14N4O3/c16-10(13-7-1-2-7)5-6-12-9-4-3-8(11(17)18)14-15-9/h3-4,7H,1-2,5-6H2,(H,12,15)(H,13,16)(H,17,18). The minimum absolute atomic E-state index is 0.0140. The van der Waals surface area contributed by atoms with E-state index in [9.17, 15) is 9.59 Å². The second-order valence-corrected chi connectivity index (χ2v) is 4.13. The fraction of sp³-hybridized carbons (Fsp3) is 0.455. The Labute approximate surface area is 104 Å². The molecule has 0 saturated heterocycles. The molecule has 0 aromatic carbocycles. The zero-order chi connectivity index (χ0) is 13.0. The second kappa shape index (κ2) is 5.44. The zero-order valence-corrected chi connectivity index (χ0v) is 9.72. The third-order valence-electron chi connectivity index (χ3n) is 2.48. The van der Waals surface area contributed by atoms with Crippen LogP contribution in [0.4, 0.5) is 5.82 Å². The molecule has 2 rings (SSSR count). The number of nitrogens with one attached hydrogen (secondary N) is 2. The van der Waals surface area contributed by atoms with E-state index < -0.39 is 5.97 Å². The highest BCUT2D eigenvalue weighted by molar-refractivity contribution is 5.85. The van der Waals surface area contributed by atoms with Crippen LogP contribution in [0.2, 0.25) is 0 Å². The molecule has 1 fully saturated rings. The second-order valence-electron chi connectivity index (χ2n) is 4.13. The van der Waals surface area contributed by atoms with Crippen LogP contribution in [0.15, 0.2) is 12.1 Å². The summed E-state index contributed by atoms with van der Waals surface area (Å²) in [7, 11) is 0. The van der Waals surface area contributed by atoms with Crippen molar-refractivity contribution in [2.45, 2.75) is 25.3 Å². The molecule has 1 aromatic rings.